The Balaban J connectivity index is 0.000000487. The molecule has 144 valence electrons. The summed E-state index contributed by atoms with van der Waals surface area (Å²) in [6.07, 6.45) is 2.14. The summed E-state index contributed by atoms with van der Waals surface area (Å²) < 4.78 is 13.5. The summed E-state index contributed by atoms with van der Waals surface area (Å²) in [6, 6.07) is 6.66. The highest BCUT2D eigenvalue weighted by molar-refractivity contribution is 6.27. The molecule has 0 radical (unpaired) electrons. The van der Waals surface area contributed by atoms with Gasteiger partial charge < -0.3 is 20.4 Å². The summed E-state index contributed by atoms with van der Waals surface area (Å²) in [6.45, 7) is 2.41. The Morgan fingerprint density at radius 1 is 1.19 bits per heavy atom. The van der Waals surface area contributed by atoms with Crippen LogP contribution in [0.4, 0.5) is 10.1 Å². The molecule has 1 aromatic rings. The van der Waals surface area contributed by atoms with Crippen LogP contribution < -0.4 is 5.32 Å². The maximum Gasteiger partial charge on any atom is 0.414 e. The number of piperidine rings is 1. The molecule has 0 aromatic heterocycles. The highest BCUT2D eigenvalue weighted by Crippen LogP contribution is 2.15. The molecule has 1 aliphatic heterocycles. The predicted octanol–water partition coefficient (Wildman–Crippen LogP) is 0.946. The van der Waals surface area contributed by atoms with Crippen LogP contribution in [0.25, 0.3) is 0 Å². The maximum absolute atomic E-state index is 13.5. The van der Waals surface area contributed by atoms with Crippen molar-refractivity contribution in [1.82, 2.24) is 9.80 Å². The zero-order chi connectivity index (χ0) is 19.7. The molecule has 0 aliphatic carbocycles. The molecule has 0 bridgehead atoms. The van der Waals surface area contributed by atoms with Gasteiger partial charge in [0.1, 0.15) is 5.82 Å². The second-order valence-electron chi connectivity index (χ2n) is 6.09. The van der Waals surface area contributed by atoms with Crippen LogP contribution in [0.1, 0.15) is 12.8 Å². The highest BCUT2D eigenvalue weighted by Gasteiger charge is 2.22. The van der Waals surface area contributed by atoms with Crippen molar-refractivity contribution in [1.29, 1.82) is 0 Å². The van der Waals surface area contributed by atoms with Crippen molar-refractivity contribution in [3.05, 3.63) is 30.1 Å². The van der Waals surface area contributed by atoms with E-state index in [2.05, 4.69) is 22.2 Å². The van der Waals surface area contributed by atoms with Gasteiger partial charge in [0.05, 0.1) is 12.2 Å². The molecule has 0 atom stereocenters. The zero-order valence-corrected chi connectivity index (χ0v) is 14.8. The monoisotopic (exact) mass is 369 g/mol. The third-order valence-corrected chi connectivity index (χ3v) is 4.04. The number of halogens is 1. The van der Waals surface area contributed by atoms with E-state index in [0.29, 0.717) is 12.6 Å². The molecule has 9 heteroatoms. The fraction of sp³-hybridized carbons (Fsp3) is 0.471. The van der Waals surface area contributed by atoms with Gasteiger partial charge in [-0.05, 0) is 52.2 Å². The highest BCUT2D eigenvalue weighted by atomic mass is 19.1. The molecule has 0 saturated carbocycles. The number of likely N-dealkylation sites (N-methyl/N-ethyl adjacent to an activating group) is 1. The number of hydrogen-bond donors (Lipinski definition) is 3. The average molecular weight is 369 g/mol. The number of likely N-dealkylation sites (tertiary alicyclic amines) is 1. The molecule has 1 aromatic carbocycles. The summed E-state index contributed by atoms with van der Waals surface area (Å²) in [4.78, 5) is 34.5. The third kappa shape index (κ3) is 7.58. The topological polar surface area (TPSA) is 110 Å². The lowest BCUT2D eigenvalue weighted by Gasteiger charge is -2.34. The van der Waals surface area contributed by atoms with Crippen LogP contribution in [0.15, 0.2) is 24.3 Å². The lowest BCUT2D eigenvalue weighted by Crippen LogP contribution is -2.44. The number of nitrogens with one attached hydrogen (secondary N) is 1. The molecule has 2 rings (SSSR count). The van der Waals surface area contributed by atoms with Gasteiger partial charge in [-0.2, -0.15) is 0 Å². The van der Waals surface area contributed by atoms with Crippen LogP contribution in [-0.2, 0) is 14.4 Å². The summed E-state index contributed by atoms with van der Waals surface area (Å²) in [5.74, 6) is -4.22. The molecule has 8 nitrogen and oxygen atoms in total. The molecule has 26 heavy (non-hydrogen) atoms. The van der Waals surface area contributed by atoms with Gasteiger partial charge in [0.2, 0.25) is 5.91 Å². The number of anilines is 1. The first-order valence-electron chi connectivity index (χ1n) is 8.10. The molecule has 1 amide bonds. The number of amides is 1. The van der Waals surface area contributed by atoms with Crippen molar-refractivity contribution < 1.29 is 29.0 Å². The SMILES string of the molecule is CN1CCC(N(C)CC(=O)Nc2ccccc2F)CC1.O=C(O)C(=O)O. The number of carbonyl (C=O) groups is 3. The van der Waals surface area contributed by atoms with Gasteiger partial charge in [-0.25, -0.2) is 14.0 Å². The number of rotatable bonds is 4. The van der Waals surface area contributed by atoms with Gasteiger partial charge in [-0.15, -0.1) is 0 Å². The summed E-state index contributed by atoms with van der Waals surface area (Å²) in [7, 11) is 4.07. The van der Waals surface area contributed by atoms with Crippen LogP contribution >= 0.6 is 0 Å². The van der Waals surface area contributed by atoms with Gasteiger partial charge in [-0.1, -0.05) is 12.1 Å². The van der Waals surface area contributed by atoms with Crippen LogP contribution in [0, 0.1) is 5.82 Å². The summed E-state index contributed by atoms with van der Waals surface area (Å²) in [5, 5.41) is 17.4. The Kier molecular flexibility index (Phi) is 8.66. The second kappa shape index (κ2) is 10.5. The molecule has 1 fully saturated rings. The Morgan fingerprint density at radius 2 is 1.73 bits per heavy atom. The quantitative estimate of drug-likeness (QED) is 0.678. The first-order chi connectivity index (χ1) is 12.2. The van der Waals surface area contributed by atoms with Crippen LogP contribution in [-0.4, -0.2) is 77.6 Å². The molecule has 3 N–H and O–H groups in total. The van der Waals surface area contributed by atoms with E-state index in [0.717, 1.165) is 25.9 Å². The number of carboxylic acid groups (broad SMARTS) is 2. The first kappa shape index (κ1) is 21.5. The van der Waals surface area contributed by atoms with E-state index in [4.69, 9.17) is 19.8 Å². The van der Waals surface area contributed by atoms with Crippen LogP contribution in [0.2, 0.25) is 0 Å². The normalized spacial score (nSPS) is 15.1. The van der Waals surface area contributed by atoms with Crippen LogP contribution in [0.3, 0.4) is 0 Å². The molecule has 1 saturated heterocycles. The molecular weight excluding hydrogens is 345 g/mol. The standard InChI is InChI=1S/C15H22FN3O.C2H2O4/c1-18-9-7-12(8-10-18)19(2)11-15(20)17-14-6-4-3-5-13(14)16;3-1(4)2(5)6/h3-6,12H,7-11H2,1-2H3,(H,17,20);(H,3,4)(H,5,6). The van der Waals surface area contributed by atoms with Crippen molar-refractivity contribution in [2.75, 3.05) is 39.0 Å². The smallest absolute Gasteiger partial charge is 0.414 e. The minimum absolute atomic E-state index is 0.170. The number of aliphatic carboxylic acids is 2. The number of para-hydroxylation sites is 1. The minimum Gasteiger partial charge on any atom is -0.473 e. The van der Waals surface area contributed by atoms with Crippen molar-refractivity contribution in [3.63, 3.8) is 0 Å². The fourth-order valence-electron chi connectivity index (χ4n) is 2.54. The third-order valence-electron chi connectivity index (χ3n) is 4.04. The van der Waals surface area contributed by atoms with Crippen LogP contribution in [0.5, 0.6) is 0 Å². The second-order valence-corrected chi connectivity index (χ2v) is 6.09. The van der Waals surface area contributed by atoms with Gasteiger partial charge in [0.25, 0.3) is 0 Å². The maximum atomic E-state index is 13.5. The zero-order valence-electron chi connectivity index (χ0n) is 14.8. The van der Waals surface area contributed by atoms with E-state index in [-0.39, 0.29) is 11.6 Å². The van der Waals surface area contributed by atoms with Gasteiger partial charge in [-0.3, -0.25) is 9.69 Å². The number of hydrogen-bond acceptors (Lipinski definition) is 5. The van der Waals surface area contributed by atoms with E-state index in [9.17, 15) is 9.18 Å². The predicted molar refractivity (Wildman–Crippen MR) is 93.5 cm³/mol. The van der Waals surface area contributed by atoms with E-state index in [1.54, 1.807) is 18.2 Å². The van der Waals surface area contributed by atoms with E-state index >= 15 is 0 Å². The molecule has 0 spiro atoms. The average Bonchev–Trinajstić information content (AvgIpc) is 2.58. The Labute approximate surface area is 151 Å². The summed E-state index contributed by atoms with van der Waals surface area (Å²) in [5.41, 5.74) is 0.245. The van der Waals surface area contributed by atoms with Crippen molar-refractivity contribution in [3.8, 4) is 0 Å². The van der Waals surface area contributed by atoms with E-state index in [1.807, 2.05) is 7.05 Å². The number of nitrogens with zero attached hydrogens (tertiary/aromatic N) is 2. The first-order valence-corrected chi connectivity index (χ1v) is 8.10. The molecular formula is C17H24FN3O5. The van der Waals surface area contributed by atoms with Crippen molar-refractivity contribution in [2.24, 2.45) is 0 Å². The molecule has 1 aliphatic rings. The van der Waals surface area contributed by atoms with Gasteiger partial charge >= 0.3 is 11.9 Å². The lowest BCUT2D eigenvalue weighted by molar-refractivity contribution is -0.159. The largest absolute Gasteiger partial charge is 0.473 e. The Bertz CT molecular complexity index is 621. The number of benzene rings is 1. The van der Waals surface area contributed by atoms with Crippen molar-refractivity contribution in [2.45, 2.75) is 18.9 Å². The minimum atomic E-state index is -1.82. The fourth-order valence-corrected chi connectivity index (χ4v) is 2.54. The van der Waals surface area contributed by atoms with Gasteiger partial charge in [0.15, 0.2) is 0 Å². The molecule has 1 heterocycles. The van der Waals surface area contributed by atoms with Gasteiger partial charge in [0, 0.05) is 6.04 Å². The Morgan fingerprint density at radius 3 is 2.23 bits per heavy atom. The number of carboxylic acids is 2. The van der Waals surface area contributed by atoms with E-state index < -0.39 is 17.8 Å². The summed E-state index contributed by atoms with van der Waals surface area (Å²) >= 11 is 0. The van der Waals surface area contributed by atoms with Crippen molar-refractivity contribution >= 4 is 23.5 Å². The lowest BCUT2D eigenvalue weighted by atomic mass is 10.0. The van der Waals surface area contributed by atoms with E-state index in [1.165, 1.54) is 6.07 Å². The number of carbonyl (C=O) groups excluding carboxylic acids is 1. The Hall–Kier alpha value is -2.52. The molecule has 0 unspecified atom stereocenters.